The first kappa shape index (κ1) is 12.0. The van der Waals surface area contributed by atoms with Crippen LogP contribution in [0.25, 0.3) is 10.9 Å². The zero-order valence-electron chi connectivity index (χ0n) is 8.96. The lowest BCUT2D eigenvalue weighted by molar-refractivity contribution is -0.205. The zero-order valence-corrected chi connectivity index (χ0v) is 8.96. The Kier molecular flexibility index (Phi) is 3.11. The van der Waals surface area contributed by atoms with Gasteiger partial charge in [0.15, 0.2) is 0 Å². The van der Waals surface area contributed by atoms with Crippen LogP contribution in [0, 0.1) is 0 Å². The number of nitrogens with one attached hydrogen (secondary N) is 1. The minimum atomic E-state index is -4.54. The van der Waals surface area contributed by atoms with Crippen LogP contribution in [0.1, 0.15) is 12.0 Å². The number of H-pyrrole nitrogens is 1. The maximum Gasteiger partial charge on any atom is 0.414 e. The molecule has 0 aliphatic rings. The van der Waals surface area contributed by atoms with Crippen LogP contribution in [0.3, 0.4) is 0 Å². The first-order valence-electron chi connectivity index (χ1n) is 5.28. The van der Waals surface area contributed by atoms with E-state index in [0.29, 0.717) is 0 Å². The molecule has 2 rings (SSSR count). The van der Waals surface area contributed by atoms with E-state index in [1.165, 1.54) is 0 Å². The second kappa shape index (κ2) is 4.41. The van der Waals surface area contributed by atoms with E-state index < -0.39 is 12.3 Å². The van der Waals surface area contributed by atoms with Crippen molar-refractivity contribution in [2.75, 3.05) is 0 Å². The Morgan fingerprint density at radius 1 is 1.24 bits per heavy atom. The standard InChI is InChI=1S/C12H12F3NO/c13-12(14,15)11(17)6-5-8-7-16-10-4-2-1-3-9(8)10/h1-4,7,11,16-17H,5-6H2/t11-/m0/s1. The number of rotatable bonds is 3. The van der Waals surface area contributed by atoms with Gasteiger partial charge in [0.1, 0.15) is 6.10 Å². The molecule has 17 heavy (non-hydrogen) atoms. The van der Waals surface area contributed by atoms with E-state index in [2.05, 4.69) is 4.98 Å². The molecule has 5 heteroatoms. The zero-order chi connectivity index (χ0) is 12.5. The molecule has 0 radical (unpaired) electrons. The van der Waals surface area contributed by atoms with Crippen LogP contribution in [-0.4, -0.2) is 22.4 Å². The van der Waals surface area contributed by atoms with Gasteiger partial charge < -0.3 is 10.1 Å². The monoisotopic (exact) mass is 243 g/mol. The quantitative estimate of drug-likeness (QED) is 0.854. The highest BCUT2D eigenvalue weighted by Crippen LogP contribution is 2.25. The summed E-state index contributed by atoms with van der Waals surface area (Å²) >= 11 is 0. The molecule has 0 saturated carbocycles. The molecular formula is C12H12F3NO. The minimum absolute atomic E-state index is 0.199. The Balaban J connectivity index is 2.09. The summed E-state index contributed by atoms with van der Waals surface area (Å²) in [5.74, 6) is 0. The van der Waals surface area contributed by atoms with Crippen molar-refractivity contribution in [3.05, 3.63) is 36.0 Å². The van der Waals surface area contributed by atoms with Gasteiger partial charge >= 0.3 is 6.18 Å². The van der Waals surface area contributed by atoms with Crippen molar-refractivity contribution in [1.29, 1.82) is 0 Å². The lowest BCUT2D eigenvalue weighted by Crippen LogP contribution is -2.28. The number of hydrogen-bond donors (Lipinski definition) is 2. The molecule has 2 nitrogen and oxygen atoms in total. The Labute approximate surface area is 96.1 Å². The molecule has 0 amide bonds. The van der Waals surface area contributed by atoms with Gasteiger partial charge in [-0.05, 0) is 24.5 Å². The summed E-state index contributed by atoms with van der Waals surface area (Å²) in [6.07, 6.45) is -5.22. The first-order valence-corrected chi connectivity index (χ1v) is 5.28. The molecule has 0 unspecified atom stereocenters. The van der Waals surface area contributed by atoms with Gasteiger partial charge in [-0.25, -0.2) is 0 Å². The number of benzene rings is 1. The summed E-state index contributed by atoms with van der Waals surface area (Å²) in [7, 11) is 0. The van der Waals surface area contributed by atoms with Gasteiger partial charge in [-0.15, -0.1) is 0 Å². The number of aryl methyl sites for hydroxylation is 1. The van der Waals surface area contributed by atoms with Gasteiger partial charge in [0.05, 0.1) is 0 Å². The number of para-hydroxylation sites is 1. The lowest BCUT2D eigenvalue weighted by Gasteiger charge is -2.13. The summed E-state index contributed by atoms with van der Waals surface area (Å²) in [5, 5.41) is 9.83. The SMILES string of the molecule is O[C@@H](CCc1c[nH]c2ccccc12)C(F)(F)F. The Morgan fingerprint density at radius 3 is 2.65 bits per heavy atom. The lowest BCUT2D eigenvalue weighted by atomic mass is 10.1. The van der Waals surface area contributed by atoms with Gasteiger partial charge in [-0.1, -0.05) is 18.2 Å². The van der Waals surface area contributed by atoms with E-state index >= 15 is 0 Å². The topological polar surface area (TPSA) is 36.0 Å². The fourth-order valence-electron chi connectivity index (χ4n) is 1.79. The largest absolute Gasteiger partial charge is 0.414 e. The summed E-state index contributed by atoms with van der Waals surface area (Å²) in [6.45, 7) is 0. The van der Waals surface area contributed by atoms with Crippen LogP contribution in [0.4, 0.5) is 13.2 Å². The van der Waals surface area contributed by atoms with Gasteiger partial charge in [0.25, 0.3) is 0 Å². The second-order valence-electron chi connectivity index (χ2n) is 3.96. The number of fused-ring (bicyclic) bond motifs is 1. The molecular weight excluding hydrogens is 231 g/mol. The highest BCUT2D eigenvalue weighted by Gasteiger charge is 2.37. The normalized spacial score (nSPS) is 14.1. The highest BCUT2D eigenvalue weighted by atomic mass is 19.4. The average Bonchev–Trinajstić information content (AvgIpc) is 2.68. The van der Waals surface area contributed by atoms with E-state index in [1.807, 2.05) is 24.3 Å². The summed E-state index contributed by atoms with van der Waals surface area (Å²) in [4.78, 5) is 2.99. The Bertz CT molecular complexity index is 504. The van der Waals surface area contributed by atoms with Crippen molar-refractivity contribution >= 4 is 10.9 Å². The summed E-state index contributed by atoms with van der Waals surface area (Å²) < 4.78 is 36.4. The number of aromatic amines is 1. The second-order valence-corrected chi connectivity index (χ2v) is 3.96. The molecule has 1 aromatic carbocycles. The maximum absolute atomic E-state index is 12.1. The molecule has 0 fully saturated rings. The van der Waals surface area contributed by atoms with Crippen LogP contribution >= 0.6 is 0 Å². The van der Waals surface area contributed by atoms with Crippen LogP contribution < -0.4 is 0 Å². The van der Waals surface area contributed by atoms with E-state index in [1.54, 1.807) is 6.20 Å². The average molecular weight is 243 g/mol. The van der Waals surface area contributed by atoms with Crippen LogP contribution in [0.15, 0.2) is 30.5 Å². The van der Waals surface area contributed by atoms with Crippen molar-refractivity contribution in [1.82, 2.24) is 4.98 Å². The molecule has 2 N–H and O–H groups in total. The summed E-state index contributed by atoms with van der Waals surface area (Å²) in [5.41, 5.74) is 1.69. The maximum atomic E-state index is 12.1. The van der Waals surface area contributed by atoms with Gasteiger partial charge in [0.2, 0.25) is 0 Å². The Hall–Kier alpha value is -1.49. The smallest absolute Gasteiger partial charge is 0.384 e. The van der Waals surface area contributed by atoms with Crippen LogP contribution in [-0.2, 0) is 6.42 Å². The number of halogens is 3. The van der Waals surface area contributed by atoms with Crippen molar-refractivity contribution in [2.45, 2.75) is 25.1 Å². The highest BCUT2D eigenvalue weighted by molar-refractivity contribution is 5.82. The number of aliphatic hydroxyl groups excluding tert-OH is 1. The van der Waals surface area contributed by atoms with Crippen LogP contribution in [0.5, 0.6) is 0 Å². The van der Waals surface area contributed by atoms with E-state index in [0.717, 1.165) is 16.5 Å². The van der Waals surface area contributed by atoms with E-state index in [-0.39, 0.29) is 12.8 Å². The molecule has 92 valence electrons. The van der Waals surface area contributed by atoms with Crippen molar-refractivity contribution < 1.29 is 18.3 Å². The third-order valence-electron chi connectivity index (χ3n) is 2.74. The molecule has 1 atom stereocenters. The fraction of sp³-hybridized carbons (Fsp3) is 0.333. The van der Waals surface area contributed by atoms with Gasteiger partial charge in [-0.3, -0.25) is 0 Å². The molecule has 1 aromatic heterocycles. The van der Waals surface area contributed by atoms with Crippen molar-refractivity contribution in [2.24, 2.45) is 0 Å². The third kappa shape index (κ3) is 2.61. The van der Waals surface area contributed by atoms with E-state index in [4.69, 9.17) is 5.11 Å². The fourth-order valence-corrected chi connectivity index (χ4v) is 1.79. The van der Waals surface area contributed by atoms with Crippen molar-refractivity contribution in [3.8, 4) is 0 Å². The number of aromatic nitrogens is 1. The van der Waals surface area contributed by atoms with E-state index in [9.17, 15) is 13.2 Å². The number of hydrogen-bond acceptors (Lipinski definition) is 1. The minimum Gasteiger partial charge on any atom is -0.384 e. The molecule has 0 bridgehead atoms. The van der Waals surface area contributed by atoms with Gasteiger partial charge in [0, 0.05) is 17.1 Å². The molecule has 2 aromatic rings. The van der Waals surface area contributed by atoms with Gasteiger partial charge in [-0.2, -0.15) is 13.2 Å². The molecule has 1 heterocycles. The molecule has 0 aliphatic carbocycles. The third-order valence-corrected chi connectivity index (χ3v) is 2.74. The predicted octanol–water partition coefficient (Wildman–Crippen LogP) is 3.02. The summed E-state index contributed by atoms with van der Waals surface area (Å²) in [6, 6.07) is 7.40. The number of alkyl halides is 3. The molecule has 0 spiro atoms. The molecule has 0 aliphatic heterocycles. The van der Waals surface area contributed by atoms with Crippen molar-refractivity contribution in [3.63, 3.8) is 0 Å². The number of aliphatic hydroxyl groups is 1. The molecule has 0 saturated heterocycles. The Morgan fingerprint density at radius 2 is 1.94 bits per heavy atom. The predicted molar refractivity (Wildman–Crippen MR) is 58.7 cm³/mol. The van der Waals surface area contributed by atoms with Crippen LogP contribution in [0.2, 0.25) is 0 Å². The first-order chi connectivity index (χ1) is 7.98.